The van der Waals surface area contributed by atoms with Gasteiger partial charge in [0.25, 0.3) is 0 Å². The fourth-order valence-electron chi connectivity index (χ4n) is 1.80. The Morgan fingerprint density at radius 3 is 3.06 bits per heavy atom. The highest BCUT2D eigenvalue weighted by Crippen LogP contribution is 2.26. The Morgan fingerprint density at radius 2 is 2.35 bits per heavy atom. The summed E-state index contributed by atoms with van der Waals surface area (Å²) in [5.74, 6) is 0.786. The van der Waals surface area contributed by atoms with Crippen LogP contribution in [0.3, 0.4) is 0 Å². The van der Waals surface area contributed by atoms with Crippen molar-refractivity contribution < 1.29 is 9.53 Å². The van der Waals surface area contributed by atoms with Crippen molar-refractivity contribution in [2.45, 2.75) is 18.8 Å². The van der Waals surface area contributed by atoms with Gasteiger partial charge in [-0.3, -0.25) is 4.79 Å². The number of rotatable bonds is 1. The van der Waals surface area contributed by atoms with Crippen molar-refractivity contribution in [1.29, 1.82) is 0 Å². The molecule has 1 heterocycles. The molecule has 0 saturated heterocycles. The Balaban J connectivity index is 2.24. The summed E-state index contributed by atoms with van der Waals surface area (Å²) < 4.78 is 6.59. The van der Waals surface area contributed by atoms with Crippen molar-refractivity contribution in [3.05, 3.63) is 28.2 Å². The minimum absolute atomic E-state index is 0.0527. The molecular weight excluding hydrogens is 305 g/mol. The van der Waals surface area contributed by atoms with Crippen LogP contribution in [0.2, 0.25) is 0 Å². The van der Waals surface area contributed by atoms with E-state index in [1.54, 1.807) is 11.8 Å². The van der Waals surface area contributed by atoms with Crippen LogP contribution in [0.4, 0.5) is 0 Å². The summed E-state index contributed by atoms with van der Waals surface area (Å²) in [7, 11) is 0. The number of hydrogen-bond acceptors (Lipinski definition) is 2. The second-order valence-corrected chi connectivity index (χ2v) is 5.55. The van der Waals surface area contributed by atoms with Gasteiger partial charge in [-0.1, -0.05) is 15.9 Å². The fourth-order valence-corrected chi connectivity index (χ4v) is 2.35. The second-order valence-electron chi connectivity index (χ2n) is 3.98. The van der Waals surface area contributed by atoms with Gasteiger partial charge in [0.15, 0.2) is 0 Å². The smallest absolute Gasteiger partial charge is 0.240 e. The number of benzene rings is 1. The lowest BCUT2D eigenvalue weighted by Gasteiger charge is -2.21. The summed E-state index contributed by atoms with van der Waals surface area (Å²) in [6.07, 6.45) is 0. The first kappa shape index (κ1) is 12.7. The molecule has 1 aromatic rings. The standard InChI is InChI=1S/C12H13BrClNO2/c1-8(14)12(16)15-4-5-17-11-3-2-10(13)6-9(11)7-15/h2-3,6,8H,4-5,7H2,1H3. The predicted molar refractivity (Wildman–Crippen MR) is 70.4 cm³/mol. The van der Waals surface area contributed by atoms with Crippen LogP contribution in [-0.2, 0) is 11.3 Å². The van der Waals surface area contributed by atoms with Gasteiger partial charge in [0.2, 0.25) is 5.91 Å². The van der Waals surface area contributed by atoms with Gasteiger partial charge in [-0.05, 0) is 25.1 Å². The first-order valence-electron chi connectivity index (χ1n) is 5.42. The van der Waals surface area contributed by atoms with Gasteiger partial charge in [0.1, 0.15) is 17.7 Å². The largest absolute Gasteiger partial charge is 0.491 e. The van der Waals surface area contributed by atoms with Crippen molar-refractivity contribution in [1.82, 2.24) is 4.90 Å². The summed E-state index contributed by atoms with van der Waals surface area (Å²) in [6.45, 7) is 3.31. The summed E-state index contributed by atoms with van der Waals surface area (Å²) >= 11 is 9.25. The second kappa shape index (κ2) is 5.27. The molecule has 1 aromatic carbocycles. The third-order valence-corrected chi connectivity index (χ3v) is 3.33. The van der Waals surface area contributed by atoms with Crippen molar-refractivity contribution in [2.24, 2.45) is 0 Å². The maximum Gasteiger partial charge on any atom is 0.240 e. The van der Waals surface area contributed by atoms with Gasteiger partial charge in [-0.25, -0.2) is 0 Å². The summed E-state index contributed by atoms with van der Waals surface area (Å²) in [5, 5.41) is -0.497. The quantitative estimate of drug-likeness (QED) is 0.745. The number of halogens is 2. The maximum absolute atomic E-state index is 11.9. The van der Waals surface area contributed by atoms with Crippen LogP contribution in [-0.4, -0.2) is 29.3 Å². The predicted octanol–water partition coefficient (Wildman–Crippen LogP) is 2.80. The zero-order valence-electron chi connectivity index (χ0n) is 9.45. The van der Waals surface area contributed by atoms with Crippen LogP contribution in [0.25, 0.3) is 0 Å². The average molecular weight is 319 g/mol. The summed E-state index contributed by atoms with van der Waals surface area (Å²) in [4.78, 5) is 13.6. The molecule has 17 heavy (non-hydrogen) atoms. The van der Waals surface area contributed by atoms with E-state index in [0.717, 1.165) is 15.8 Å². The Labute approximate surface area is 114 Å². The average Bonchev–Trinajstić information content (AvgIpc) is 2.49. The van der Waals surface area contributed by atoms with E-state index in [9.17, 15) is 4.79 Å². The van der Waals surface area contributed by atoms with E-state index in [-0.39, 0.29) is 5.91 Å². The van der Waals surface area contributed by atoms with Gasteiger partial charge in [-0.2, -0.15) is 0 Å². The lowest BCUT2D eigenvalue weighted by atomic mass is 10.2. The zero-order chi connectivity index (χ0) is 12.4. The van der Waals surface area contributed by atoms with E-state index in [2.05, 4.69) is 15.9 Å². The highest BCUT2D eigenvalue weighted by Gasteiger charge is 2.22. The molecule has 92 valence electrons. The van der Waals surface area contributed by atoms with E-state index >= 15 is 0 Å². The molecule has 0 N–H and O–H groups in total. The van der Waals surface area contributed by atoms with Crippen molar-refractivity contribution >= 4 is 33.4 Å². The van der Waals surface area contributed by atoms with Gasteiger partial charge >= 0.3 is 0 Å². The lowest BCUT2D eigenvalue weighted by molar-refractivity contribution is -0.131. The molecule has 2 rings (SSSR count). The molecular formula is C12H13BrClNO2. The molecule has 5 heteroatoms. The van der Waals surface area contributed by atoms with Crippen LogP contribution < -0.4 is 4.74 Å². The number of fused-ring (bicyclic) bond motifs is 1. The SMILES string of the molecule is CC(Cl)C(=O)N1CCOc2ccc(Br)cc2C1. The molecule has 0 spiro atoms. The Hall–Kier alpha value is -0.740. The number of carbonyl (C=O) groups is 1. The number of nitrogens with zero attached hydrogens (tertiary/aromatic N) is 1. The molecule has 1 aliphatic heterocycles. The minimum atomic E-state index is -0.497. The van der Waals surface area contributed by atoms with E-state index < -0.39 is 5.38 Å². The number of alkyl halides is 1. The molecule has 0 aliphatic carbocycles. The van der Waals surface area contributed by atoms with Crippen LogP contribution >= 0.6 is 27.5 Å². The van der Waals surface area contributed by atoms with E-state index in [0.29, 0.717) is 19.7 Å². The molecule has 1 unspecified atom stereocenters. The summed E-state index contributed by atoms with van der Waals surface area (Å²) in [5.41, 5.74) is 1.00. The van der Waals surface area contributed by atoms with Gasteiger partial charge in [-0.15, -0.1) is 11.6 Å². The van der Waals surface area contributed by atoms with Crippen LogP contribution in [0.5, 0.6) is 5.75 Å². The number of ether oxygens (including phenoxy) is 1. The topological polar surface area (TPSA) is 29.5 Å². The van der Waals surface area contributed by atoms with E-state index in [1.807, 2.05) is 18.2 Å². The highest BCUT2D eigenvalue weighted by atomic mass is 79.9. The third kappa shape index (κ3) is 2.93. The van der Waals surface area contributed by atoms with Crippen LogP contribution in [0.1, 0.15) is 12.5 Å². The number of carbonyl (C=O) groups excluding carboxylic acids is 1. The van der Waals surface area contributed by atoms with Crippen molar-refractivity contribution in [3.8, 4) is 5.75 Å². The monoisotopic (exact) mass is 317 g/mol. The highest BCUT2D eigenvalue weighted by molar-refractivity contribution is 9.10. The Kier molecular flexibility index (Phi) is 3.94. The van der Waals surface area contributed by atoms with E-state index in [4.69, 9.17) is 16.3 Å². The van der Waals surface area contributed by atoms with Crippen molar-refractivity contribution in [3.63, 3.8) is 0 Å². The molecule has 0 fully saturated rings. The van der Waals surface area contributed by atoms with E-state index in [1.165, 1.54) is 0 Å². The first-order chi connectivity index (χ1) is 8.08. The molecule has 0 saturated carbocycles. The Bertz CT molecular complexity index is 437. The molecule has 0 bridgehead atoms. The fraction of sp³-hybridized carbons (Fsp3) is 0.417. The van der Waals surface area contributed by atoms with Gasteiger partial charge < -0.3 is 9.64 Å². The Morgan fingerprint density at radius 1 is 1.59 bits per heavy atom. The van der Waals surface area contributed by atoms with Gasteiger partial charge in [0.05, 0.1) is 6.54 Å². The lowest BCUT2D eigenvalue weighted by Crippen LogP contribution is -2.36. The molecule has 0 radical (unpaired) electrons. The minimum Gasteiger partial charge on any atom is -0.491 e. The third-order valence-electron chi connectivity index (χ3n) is 2.65. The molecule has 3 nitrogen and oxygen atoms in total. The number of hydrogen-bond donors (Lipinski definition) is 0. The van der Waals surface area contributed by atoms with Crippen molar-refractivity contribution in [2.75, 3.05) is 13.2 Å². The van der Waals surface area contributed by atoms with Gasteiger partial charge in [0, 0.05) is 16.6 Å². The van der Waals surface area contributed by atoms with Crippen LogP contribution in [0, 0.1) is 0 Å². The summed E-state index contributed by atoms with van der Waals surface area (Å²) in [6, 6.07) is 5.82. The number of amides is 1. The molecule has 1 amide bonds. The zero-order valence-corrected chi connectivity index (χ0v) is 11.8. The van der Waals surface area contributed by atoms with Crippen LogP contribution in [0.15, 0.2) is 22.7 Å². The normalized spacial score (nSPS) is 16.8. The molecule has 0 aromatic heterocycles. The maximum atomic E-state index is 11.9. The molecule has 1 aliphatic rings. The molecule has 1 atom stereocenters. The first-order valence-corrected chi connectivity index (χ1v) is 6.65.